The van der Waals surface area contributed by atoms with Crippen molar-refractivity contribution in [3.05, 3.63) is 29.8 Å². The fourth-order valence-corrected chi connectivity index (χ4v) is 5.91. The number of morpholine rings is 1. The number of epoxide rings is 1. The number of amides is 1. The van der Waals surface area contributed by atoms with Crippen LogP contribution in [0.4, 0.5) is 0 Å². The standard InChI is InChI=1S/C32H44N2O8/c1-21(14-26(36)19-34-10-12-41-13-11-34)31(39)33-28(17-22-5-8-27(40-3)9-6-22)29(37)18-24(30(38)32(2)20-42-32)15-23-4-7-25(35)16-23/h5-6,8-9,21,23-24,28H,4,7,10-20H2,1-3H3,(H,33,39)/t21-,23-,24-,28+,32-/m1/s1. The van der Waals surface area contributed by atoms with Crippen molar-refractivity contribution in [2.24, 2.45) is 17.8 Å². The number of hydrogen-bond donors (Lipinski definition) is 1. The molecule has 1 saturated carbocycles. The quantitative estimate of drug-likeness (QED) is 0.291. The van der Waals surface area contributed by atoms with E-state index in [1.54, 1.807) is 33.1 Å². The fraction of sp³-hybridized carbons (Fsp3) is 0.656. The molecule has 1 aliphatic carbocycles. The van der Waals surface area contributed by atoms with E-state index in [0.717, 1.165) is 12.0 Å². The monoisotopic (exact) mass is 584 g/mol. The Hall–Kier alpha value is -2.95. The molecule has 2 heterocycles. The first-order chi connectivity index (χ1) is 20.1. The van der Waals surface area contributed by atoms with Crippen molar-refractivity contribution in [2.75, 3.05) is 46.6 Å². The van der Waals surface area contributed by atoms with E-state index in [9.17, 15) is 24.0 Å². The van der Waals surface area contributed by atoms with Crippen molar-refractivity contribution in [1.29, 1.82) is 0 Å². The summed E-state index contributed by atoms with van der Waals surface area (Å²) in [5.74, 6) is -1.07. The summed E-state index contributed by atoms with van der Waals surface area (Å²) in [4.78, 5) is 67.1. The SMILES string of the molecule is COc1ccc(C[C@H](NC(=O)[C@H](C)CC(=O)CN2CCOCC2)C(=O)C[C@@H](C[C@H]2CCC(=O)C2)C(=O)[C@@]2(C)CO2)cc1. The summed E-state index contributed by atoms with van der Waals surface area (Å²) in [5, 5.41) is 2.90. The number of Topliss-reactive ketones (excluding diaryl/α,β-unsaturated/α-hetero) is 4. The summed E-state index contributed by atoms with van der Waals surface area (Å²) < 4.78 is 16.0. The molecule has 0 unspecified atom stereocenters. The van der Waals surface area contributed by atoms with Gasteiger partial charge in [-0.2, -0.15) is 0 Å². The zero-order valence-electron chi connectivity index (χ0n) is 25.0. The first-order valence-corrected chi connectivity index (χ1v) is 15.0. The molecular formula is C32H44N2O8. The van der Waals surface area contributed by atoms with Crippen LogP contribution in [-0.4, -0.2) is 92.1 Å². The Balaban J connectivity index is 1.44. The van der Waals surface area contributed by atoms with Crippen LogP contribution >= 0.6 is 0 Å². The zero-order valence-corrected chi connectivity index (χ0v) is 25.0. The molecule has 0 aromatic heterocycles. The first-order valence-electron chi connectivity index (χ1n) is 15.0. The molecule has 0 spiro atoms. The highest BCUT2D eigenvalue weighted by molar-refractivity contribution is 5.97. The predicted octanol–water partition coefficient (Wildman–Crippen LogP) is 2.34. The Morgan fingerprint density at radius 1 is 1.12 bits per heavy atom. The number of ether oxygens (including phenoxy) is 3. The van der Waals surface area contributed by atoms with E-state index in [1.165, 1.54) is 0 Å². The lowest BCUT2D eigenvalue weighted by atomic mass is 9.81. The minimum atomic E-state index is -0.891. The van der Waals surface area contributed by atoms with Gasteiger partial charge in [-0.15, -0.1) is 0 Å². The van der Waals surface area contributed by atoms with Crippen LogP contribution in [-0.2, 0) is 39.9 Å². The van der Waals surface area contributed by atoms with E-state index < -0.39 is 23.5 Å². The number of nitrogens with one attached hydrogen (secondary N) is 1. The number of methoxy groups -OCH3 is 1. The lowest BCUT2D eigenvalue weighted by Crippen LogP contribution is -2.46. The summed E-state index contributed by atoms with van der Waals surface area (Å²) in [6.45, 7) is 6.56. The largest absolute Gasteiger partial charge is 0.497 e. The fourth-order valence-electron chi connectivity index (χ4n) is 5.91. The molecule has 10 heteroatoms. The average Bonchev–Trinajstić information content (AvgIpc) is 3.60. The normalized spacial score (nSPS) is 24.5. The summed E-state index contributed by atoms with van der Waals surface area (Å²) in [6.07, 6.45) is 2.36. The number of carbonyl (C=O) groups is 5. The van der Waals surface area contributed by atoms with Gasteiger partial charge in [-0.3, -0.25) is 28.9 Å². The van der Waals surface area contributed by atoms with Gasteiger partial charge in [0.05, 0.1) is 39.5 Å². The Labute approximate surface area is 247 Å². The summed E-state index contributed by atoms with van der Waals surface area (Å²) in [6, 6.07) is 6.38. The molecule has 3 aliphatic rings. The molecule has 2 saturated heterocycles. The summed E-state index contributed by atoms with van der Waals surface area (Å²) in [5.41, 5.74) is -0.0651. The Bertz CT molecular complexity index is 1140. The highest BCUT2D eigenvalue weighted by Gasteiger charge is 2.50. The summed E-state index contributed by atoms with van der Waals surface area (Å²) >= 11 is 0. The van der Waals surface area contributed by atoms with Crippen LogP contribution in [0.2, 0.25) is 0 Å². The van der Waals surface area contributed by atoms with Gasteiger partial charge in [0.25, 0.3) is 0 Å². The molecule has 42 heavy (non-hydrogen) atoms. The second-order valence-corrected chi connectivity index (χ2v) is 12.3. The third-order valence-corrected chi connectivity index (χ3v) is 8.67. The maximum Gasteiger partial charge on any atom is 0.223 e. The minimum Gasteiger partial charge on any atom is -0.497 e. The van der Waals surface area contributed by atoms with Gasteiger partial charge in [0.15, 0.2) is 11.6 Å². The van der Waals surface area contributed by atoms with Crippen LogP contribution in [0.3, 0.4) is 0 Å². The van der Waals surface area contributed by atoms with Crippen LogP contribution in [0.1, 0.15) is 57.9 Å². The third kappa shape index (κ3) is 9.02. The highest BCUT2D eigenvalue weighted by Crippen LogP contribution is 2.37. The molecular weight excluding hydrogens is 540 g/mol. The molecule has 1 aromatic rings. The summed E-state index contributed by atoms with van der Waals surface area (Å²) in [7, 11) is 1.57. The van der Waals surface area contributed by atoms with Crippen LogP contribution < -0.4 is 10.1 Å². The molecule has 0 radical (unpaired) electrons. The van der Waals surface area contributed by atoms with Crippen LogP contribution in [0.25, 0.3) is 0 Å². The highest BCUT2D eigenvalue weighted by atomic mass is 16.6. The smallest absolute Gasteiger partial charge is 0.223 e. The van der Waals surface area contributed by atoms with E-state index in [2.05, 4.69) is 5.32 Å². The maximum atomic E-state index is 13.8. The van der Waals surface area contributed by atoms with Gasteiger partial charge < -0.3 is 19.5 Å². The van der Waals surface area contributed by atoms with E-state index in [1.807, 2.05) is 17.0 Å². The van der Waals surface area contributed by atoms with Crippen LogP contribution in [0.5, 0.6) is 5.75 Å². The second-order valence-electron chi connectivity index (χ2n) is 12.3. The molecule has 5 atom stereocenters. The van der Waals surface area contributed by atoms with Gasteiger partial charge in [0, 0.05) is 50.6 Å². The zero-order chi connectivity index (χ0) is 30.3. The Morgan fingerprint density at radius 2 is 1.81 bits per heavy atom. The third-order valence-electron chi connectivity index (χ3n) is 8.67. The number of nitrogens with zero attached hydrogens (tertiary/aromatic N) is 1. The lowest BCUT2D eigenvalue weighted by Gasteiger charge is -2.26. The van der Waals surface area contributed by atoms with Crippen molar-refractivity contribution in [1.82, 2.24) is 10.2 Å². The number of hydrogen-bond acceptors (Lipinski definition) is 9. The first kappa shape index (κ1) is 32.0. The maximum absolute atomic E-state index is 13.8. The van der Waals surface area contributed by atoms with E-state index in [4.69, 9.17) is 14.2 Å². The second kappa shape index (κ2) is 14.5. The van der Waals surface area contributed by atoms with Crippen molar-refractivity contribution >= 4 is 29.0 Å². The van der Waals surface area contributed by atoms with Gasteiger partial charge in [-0.05, 0) is 49.8 Å². The van der Waals surface area contributed by atoms with Crippen molar-refractivity contribution in [3.8, 4) is 5.75 Å². The molecule has 230 valence electrons. The van der Waals surface area contributed by atoms with Gasteiger partial charge in [-0.25, -0.2) is 0 Å². The number of rotatable bonds is 16. The minimum absolute atomic E-state index is 0.0352. The van der Waals surface area contributed by atoms with Crippen molar-refractivity contribution in [3.63, 3.8) is 0 Å². The lowest BCUT2D eigenvalue weighted by molar-refractivity contribution is -0.134. The van der Waals surface area contributed by atoms with Gasteiger partial charge in [0.1, 0.15) is 22.9 Å². The molecule has 0 bridgehead atoms. The molecule has 1 N–H and O–H groups in total. The van der Waals surface area contributed by atoms with Gasteiger partial charge in [-0.1, -0.05) is 19.1 Å². The molecule has 1 amide bonds. The topological polar surface area (TPSA) is 132 Å². The van der Waals surface area contributed by atoms with Gasteiger partial charge >= 0.3 is 0 Å². The van der Waals surface area contributed by atoms with Crippen molar-refractivity contribution in [2.45, 2.75) is 70.4 Å². The molecule has 3 fully saturated rings. The van der Waals surface area contributed by atoms with E-state index in [-0.39, 0.29) is 60.8 Å². The molecule has 10 nitrogen and oxygen atoms in total. The van der Waals surface area contributed by atoms with Gasteiger partial charge in [0.2, 0.25) is 5.91 Å². The predicted molar refractivity (Wildman–Crippen MR) is 154 cm³/mol. The van der Waals surface area contributed by atoms with Crippen LogP contribution in [0, 0.1) is 17.8 Å². The molecule has 1 aromatic carbocycles. The molecule has 2 aliphatic heterocycles. The van der Waals surface area contributed by atoms with Crippen molar-refractivity contribution < 1.29 is 38.2 Å². The average molecular weight is 585 g/mol. The Morgan fingerprint density at radius 3 is 2.40 bits per heavy atom. The molecule has 4 rings (SSSR count). The number of carbonyl (C=O) groups excluding carboxylic acids is 5. The number of benzene rings is 1. The van der Waals surface area contributed by atoms with E-state index in [0.29, 0.717) is 57.9 Å². The number of ketones is 4. The Kier molecular flexibility index (Phi) is 11.0. The van der Waals surface area contributed by atoms with Crippen LogP contribution in [0.15, 0.2) is 24.3 Å². The van der Waals surface area contributed by atoms with E-state index >= 15 is 0 Å².